The molecule has 0 saturated heterocycles. The van der Waals surface area contributed by atoms with Crippen molar-refractivity contribution in [2.45, 2.75) is 13.1 Å². The third-order valence-electron chi connectivity index (χ3n) is 3.37. The van der Waals surface area contributed by atoms with Crippen LogP contribution in [0.3, 0.4) is 0 Å². The Bertz CT molecular complexity index is 896. The van der Waals surface area contributed by atoms with Gasteiger partial charge in [-0.05, 0) is 42.3 Å². The van der Waals surface area contributed by atoms with E-state index in [-0.39, 0.29) is 5.56 Å². The summed E-state index contributed by atoms with van der Waals surface area (Å²) in [5, 5.41) is 0.446. The van der Waals surface area contributed by atoms with Crippen LogP contribution in [0.25, 0.3) is 22.0 Å². The molecule has 112 valence electrons. The summed E-state index contributed by atoms with van der Waals surface area (Å²) < 4.78 is 37.7. The van der Waals surface area contributed by atoms with E-state index in [1.165, 1.54) is 12.1 Å². The van der Waals surface area contributed by atoms with E-state index in [0.717, 1.165) is 12.1 Å². The van der Waals surface area contributed by atoms with Crippen LogP contribution < -0.4 is 5.56 Å². The number of alkyl halides is 3. The number of fused-ring (bicyclic) bond motifs is 1. The van der Waals surface area contributed by atoms with Crippen LogP contribution in [0.5, 0.6) is 0 Å². The van der Waals surface area contributed by atoms with E-state index in [2.05, 4.69) is 9.97 Å². The Morgan fingerprint density at radius 3 is 2.27 bits per heavy atom. The van der Waals surface area contributed by atoms with E-state index in [9.17, 15) is 18.0 Å². The maximum atomic E-state index is 12.6. The molecule has 3 nitrogen and oxygen atoms in total. The van der Waals surface area contributed by atoms with Gasteiger partial charge in [-0.1, -0.05) is 18.2 Å². The SMILES string of the molecule is Cc1nc2cc(-c3ccc(C(F)(F)F)cc3)ccc2c(=O)[nH]1. The first-order chi connectivity index (χ1) is 10.3. The van der Waals surface area contributed by atoms with Crippen molar-refractivity contribution < 1.29 is 13.2 Å². The van der Waals surface area contributed by atoms with E-state index in [1.54, 1.807) is 25.1 Å². The molecule has 1 aromatic heterocycles. The lowest BCUT2D eigenvalue weighted by molar-refractivity contribution is -0.137. The zero-order valence-electron chi connectivity index (χ0n) is 11.5. The summed E-state index contributed by atoms with van der Waals surface area (Å²) in [5.74, 6) is 0.488. The third kappa shape index (κ3) is 2.59. The van der Waals surface area contributed by atoms with Crippen molar-refractivity contribution in [3.8, 4) is 11.1 Å². The van der Waals surface area contributed by atoms with Crippen LogP contribution in [0.2, 0.25) is 0 Å². The second-order valence-electron chi connectivity index (χ2n) is 4.96. The van der Waals surface area contributed by atoms with Crippen molar-refractivity contribution in [1.82, 2.24) is 9.97 Å². The molecule has 0 atom stereocenters. The molecule has 0 aliphatic rings. The lowest BCUT2D eigenvalue weighted by atomic mass is 10.0. The van der Waals surface area contributed by atoms with Gasteiger partial charge in [-0.3, -0.25) is 4.79 Å². The van der Waals surface area contributed by atoms with Gasteiger partial charge in [0.15, 0.2) is 0 Å². The van der Waals surface area contributed by atoms with E-state index >= 15 is 0 Å². The van der Waals surface area contributed by atoms with E-state index < -0.39 is 11.7 Å². The molecule has 22 heavy (non-hydrogen) atoms. The first-order valence-electron chi connectivity index (χ1n) is 6.53. The third-order valence-corrected chi connectivity index (χ3v) is 3.37. The van der Waals surface area contributed by atoms with Crippen LogP contribution >= 0.6 is 0 Å². The van der Waals surface area contributed by atoms with Gasteiger partial charge in [-0.15, -0.1) is 0 Å². The van der Waals surface area contributed by atoms with E-state index in [0.29, 0.717) is 27.9 Å². The van der Waals surface area contributed by atoms with Gasteiger partial charge in [0.05, 0.1) is 16.5 Å². The molecule has 0 fully saturated rings. The van der Waals surface area contributed by atoms with E-state index in [4.69, 9.17) is 0 Å². The van der Waals surface area contributed by atoms with Gasteiger partial charge in [-0.25, -0.2) is 4.98 Å². The molecule has 3 aromatic rings. The predicted molar refractivity (Wildman–Crippen MR) is 77.5 cm³/mol. The minimum atomic E-state index is -4.35. The van der Waals surface area contributed by atoms with Crippen LogP contribution in [0.1, 0.15) is 11.4 Å². The van der Waals surface area contributed by atoms with Crippen LogP contribution in [0, 0.1) is 6.92 Å². The fourth-order valence-electron chi connectivity index (χ4n) is 2.29. The number of nitrogens with one attached hydrogen (secondary N) is 1. The molecule has 0 radical (unpaired) electrons. The Balaban J connectivity index is 2.09. The van der Waals surface area contributed by atoms with Gasteiger partial charge in [0.1, 0.15) is 5.82 Å². The van der Waals surface area contributed by atoms with Crippen LogP contribution in [0.15, 0.2) is 47.3 Å². The smallest absolute Gasteiger partial charge is 0.310 e. The molecule has 6 heteroatoms. The number of hydrogen-bond acceptors (Lipinski definition) is 2. The Morgan fingerprint density at radius 1 is 1.00 bits per heavy atom. The molecule has 1 N–H and O–H groups in total. The average molecular weight is 304 g/mol. The maximum Gasteiger partial charge on any atom is 0.416 e. The lowest BCUT2D eigenvalue weighted by Crippen LogP contribution is -2.09. The molecule has 0 aliphatic heterocycles. The predicted octanol–water partition coefficient (Wildman–Crippen LogP) is 3.92. The Hall–Kier alpha value is -2.63. The standard InChI is InChI=1S/C16H11F3N2O/c1-9-20-14-8-11(4-7-13(14)15(22)21-9)10-2-5-12(6-3-10)16(17,18)19/h2-8H,1H3,(H,20,21,22). The molecular weight excluding hydrogens is 293 g/mol. The first-order valence-corrected chi connectivity index (χ1v) is 6.53. The molecule has 0 amide bonds. The number of benzene rings is 2. The number of aromatic amines is 1. The average Bonchev–Trinajstić information content (AvgIpc) is 2.45. The first kappa shape index (κ1) is 14.3. The fourth-order valence-corrected chi connectivity index (χ4v) is 2.29. The van der Waals surface area contributed by atoms with Gasteiger partial charge in [0.25, 0.3) is 5.56 Å². The zero-order valence-corrected chi connectivity index (χ0v) is 11.5. The summed E-state index contributed by atoms with van der Waals surface area (Å²) in [6.07, 6.45) is -4.35. The van der Waals surface area contributed by atoms with Gasteiger partial charge in [-0.2, -0.15) is 13.2 Å². The summed E-state index contributed by atoms with van der Waals surface area (Å²) in [5.41, 5.74) is 0.927. The molecule has 0 spiro atoms. The normalized spacial score (nSPS) is 11.8. The quantitative estimate of drug-likeness (QED) is 0.740. The molecule has 0 bridgehead atoms. The molecule has 2 aromatic carbocycles. The Labute approximate surface area is 123 Å². The number of aryl methyl sites for hydroxylation is 1. The summed E-state index contributed by atoms with van der Waals surface area (Å²) in [6.45, 7) is 1.67. The highest BCUT2D eigenvalue weighted by Crippen LogP contribution is 2.31. The van der Waals surface area contributed by atoms with Crippen molar-refractivity contribution in [2.24, 2.45) is 0 Å². The van der Waals surface area contributed by atoms with Gasteiger partial charge in [0, 0.05) is 0 Å². The number of aromatic nitrogens is 2. The number of rotatable bonds is 1. The van der Waals surface area contributed by atoms with Crippen molar-refractivity contribution in [2.75, 3.05) is 0 Å². The molecule has 0 saturated carbocycles. The zero-order chi connectivity index (χ0) is 15.9. The topological polar surface area (TPSA) is 45.8 Å². The van der Waals surface area contributed by atoms with Gasteiger partial charge < -0.3 is 4.98 Å². The number of H-pyrrole nitrogens is 1. The largest absolute Gasteiger partial charge is 0.416 e. The lowest BCUT2D eigenvalue weighted by Gasteiger charge is -2.08. The number of hydrogen-bond donors (Lipinski definition) is 1. The Morgan fingerprint density at radius 2 is 1.64 bits per heavy atom. The van der Waals surface area contributed by atoms with Crippen molar-refractivity contribution in [1.29, 1.82) is 0 Å². The molecular formula is C16H11F3N2O. The summed E-state index contributed by atoms with van der Waals surface area (Å²) in [7, 11) is 0. The highest BCUT2D eigenvalue weighted by molar-refractivity contribution is 5.83. The molecule has 3 rings (SSSR count). The van der Waals surface area contributed by atoms with Crippen molar-refractivity contribution in [3.05, 3.63) is 64.2 Å². The minimum Gasteiger partial charge on any atom is -0.310 e. The van der Waals surface area contributed by atoms with Gasteiger partial charge in [0.2, 0.25) is 0 Å². The molecule has 0 unspecified atom stereocenters. The second-order valence-corrected chi connectivity index (χ2v) is 4.96. The minimum absolute atomic E-state index is 0.235. The van der Waals surface area contributed by atoms with Gasteiger partial charge >= 0.3 is 6.18 Å². The van der Waals surface area contributed by atoms with Crippen molar-refractivity contribution in [3.63, 3.8) is 0 Å². The molecule has 0 aliphatic carbocycles. The van der Waals surface area contributed by atoms with Crippen LogP contribution in [-0.4, -0.2) is 9.97 Å². The van der Waals surface area contributed by atoms with Crippen LogP contribution in [0.4, 0.5) is 13.2 Å². The van der Waals surface area contributed by atoms with Crippen LogP contribution in [-0.2, 0) is 6.18 Å². The monoisotopic (exact) mass is 304 g/mol. The fraction of sp³-hybridized carbons (Fsp3) is 0.125. The highest BCUT2D eigenvalue weighted by Gasteiger charge is 2.29. The van der Waals surface area contributed by atoms with Crippen molar-refractivity contribution >= 4 is 10.9 Å². The summed E-state index contributed by atoms with van der Waals surface area (Å²) in [4.78, 5) is 18.6. The molecule has 1 heterocycles. The number of halogens is 3. The Kier molecular flexibility index (Phi) is 3.24. The second kappa shape index (κ2) is 4.98. The maximum absolute atomic E-state index is 12.6. The number of nitrogens with zero attached hydrogens (tertiary/aromatic N) is 1. The summed E-state index contributed by atoms with van der Waals surface area (Å²) in [6, 6.07) is 9.89. The van der Waals surface area contributed by atoms with E-state index in [1.807, 2.05) is 0 Å². The summed E-state index contributed by atoms with van der Waals surface area (Å²) >= 11 is 0. The highest BCUT2D eigenvalue weighted by atomic mass is 19.4.